The van der Waals surface area contributed by atoms with E-state index in [1.807, 2.05) is 24.3 Å². The third-order valence-electron chi connectivity index (χ3n) is 4.24. The number of hydrogen-bond acceptors (Lipinski definition) is 5. The van der Waals surface area contributed by atoms with Crippen molar-refractivity contribution >= 4 is 16.9 Å². The molecule has 1 aliphatic rings. The number of ether oxygens (including phenoxy) is 2. The van der Waals surface area contributed by atoms with Crippen LogP contribution in [-0.4, -0.2) is 37.1 Å². The SMILES string of the molecule is CN(C[C@H]1COc2ccccc2O1)C(=O)c1cc(=O)c2ccccc2o1. The zero-order valence-corrected chi connectivity index (χ0v) is 14.2. The fourth-order valence-corrected chi connectivity index (χ4v) is 2.94. The summed E-state index contributed by atoms with van der Waals surface area (Å²) in [7, 11) is 1.64. The highest BCUT2D eigenvalue weighted by Crippen LogP contribution is 2.31. The van der Waals surface area contributed by atoms with Crippen molar-refractivity contribution in [1.29, 1.82) is 0 Å². The molecule has 6 nitrogen and oxygen atoms in total. The van der Waals surface area contributed by atoms with Crippen LogP contribution in [0.2, 0.25) is 0 Å². The number of hydrogen-bond donors (Lipinski definition) is 0. The Bertz CT molecular complexity index is 1030. The topological polar surface area (TPSA) is 69.0 Å². The summed E-state index contributed by atoms with van der Waals surface area (Å²) in [6.45, 7) is 0.653. The van der Waals surface area contributed by atoms with E-state index in [9.17, 15) is 9.59 Å². The molecule has 1 aromatic heterocycles. The van der Waals surface area contributed by atoms with Gasteiger partial charge < -0.3 is 18.8 Å². The lowest BCUT2D eigenvalue weighted by molar-refractivity contribution is 0.0502. The molecule has 0 unspecified atom stereocenters. The van der Waals surface area contributed by atoms with Crippen LogP contribution in [0.1, 0.15) is 10.6 Å². The highest BCUT2D eigenvalue weighted by Gasteiger charge is 2.25. The molecular formula is C20H17NO5. The first-order valence-corrected chi connectivity index (χ1v) is 8.28. The minimum atomic E-state index is -0.379. The van der Waals surface area contributed by atoms with Crippen LogP contribution >= 0.6 is 0 Å². The number of carbonyl (C=O) groups excluding carboxylic acids is 1. The molecule has 0 bridgehead atoms. The van der Waals surface area contributed by atoms with E-state index in [1.54, 1.807) is 31.3 Å². The highest BCUT2D eigenvalue weighted by atomic mass is 16.6. The van der Waals surface area contributed by atoms with Gasteiger partial charge in [-0.1, -0.05) is 24.3 Å². The molecule has 0 aliphatic carbocycles. The number of benzene rings is 2. The first-order chi connectivity index (χ1) is 12.6. The van der Waals surface area contributed by atoms with Crippen molar-refractivity contribution in [2.24, 2.45) is 0 Å². The second-order valence-electron chi connectivity index (χ2n) is 6.15. The normalized spacial score (nSPS) is 15.7. The summed E-state index contributed by atoms with van der Waals surface area (Å²) in [5.41, 5.74) is 0.151. The van der Waals surface area contributed by atoms with E-state index >= 15 is 0 Å². The van der Waals surface area contributed by atoms with Gasteiger partial charge in [-0.05, 0) is 24.3 Å². The van der Waals surface area contributed by atoms with Gasteiger partial charge in [-0.25, -0.2) is 0 Å². The monoisotopic (exact) mass is 351 g/mol. The van der Waals surface area contributed by atoms with Gasteiger partial charge in [0.15, 0.2) is 28.8 Å². The quantitative estimate of drug-likeness (QED) is 0.726. The number of nitrogens with zero attached hydrogens (tertiary/aromatic N) is 1. The van der Waals surface area contributed by atoms with Crippen LogP contribution in [0.25, 0.3) is 11.0 Å². The Labute approximate surface area is 149 Å². The molecule has 6 heteroatoms. The van der Waals surface area contributed by atoms with E-state index in [0.29, 0.717) is 35.6 Å². The molecule has 2 aromatic carbocycles. The molecule has 0 fully saturated rings. The fraction of sp³-hybridized carbons (Fsp3) is 0.200. The second kappa shape index (κ2) is 6.55. The lowest BCUT2D eigenvalue weighted by atomic mass is 10.2. The minimum Gasteiger partial charge on any atom is -0.486 e. The van der Waals surface area contributed by atoms with Gasteiger partial charge in [0.25, 0.3) is 5.91 Å². The summed E-state index contributed by atoms with van der Waals surface area (Å²) in [4.78, 5) is 26.3. The maximum atomic E-state index is 12.7. The fourth-order valence-electron chi connectivity index (χ4n) is 2.94. The van der Waals surface area contributed by atoms with Crippen LogP contribution < -0.4 is 14.9 Å². The Hall–Kier alpha value is -3.28. The van der Waals surface area contributed by atoms with Crippen molar-refractivity contribution in [2.75, 3.05) is 20.2 Å². The van der Waals surface area contributed by atoms with Gasteiger partial charge in [0, 0.05) is 13.1 Å². The van der Waals surface area contributed by atoms with Gasteiger partial charge in [0.2, 0.25) is 0 Å². The Kier molecular flexibility index (Phi) is 4.08. The Morgan fingerprint density at radius 3 is 2.69 bits per heavy atom. The summed E-state index contributed by atoms with van der Waals surface area (Å²) < 4.78 is 17.1. The largest absolute Gasteiger partial charge is 0.486 e. The predicted molar refractivity (Wildman–Crippen MR) is 95.8 cm³/mol. The number of rotatable bonds is 3. The first-order valence-electron chi connectivity index (χ1n) is 8.28. The molecule has 132 valence electrons. The van der Waals surface area contributed by atoms with Gasteiger partial charge in [0.1, 0.15) is 12.2 Å². The maximum Gasteiger partial charge on any atom is 0.289 e. The van der Waals surface area contributed by atoms with Crippen LogP contribution in [0.15, 0.2) is 63.8 Å². The van der Waals surface area contributed by atoms with E-state index in [0.717, 1.165) is 0 Å². The molecule has 3 aromatic rings. The van der Waals surface area contributed by atoms with Gasteiger partial charge >= 0.3 is 0 Å². The molecule has 0 N–H and O–H groups in total. The van der Waals surface area contributed by atoms with Crippen LogP contribution in [0.3, 0.4) is 0 Å². The maximum absolute atomic E-state index is 12.7. The first kappa shape index (κ1) is 16.2. The molecule has 0 saturated carbocycles. The predicted octanol–water partition coefficient (Wildman–Crippen LogP) is 2.71. The van der Waals surface area contributed by atoms with E-state index in [-0.39, 0.29) is 23.2 Å². The number of para-hydroxylation sites is 3. The Morgan fingerprint density at radius 2 is 1.85 bits per heavy atom. The molecule has 1 aliphatic heterocycles. The standard InChI is InChI=1S/C20H17NO5/c1-21(11-13-12-24-17-8-4-5-9-18(17)25-13)20(23)19-10-15(22)14-6-2-3-7-16(14)26-19/h2-10,13H,11-12H2,1H3/t13-/m0/s1. The molecule has 1 atom stereocenters. The summed E-state index contributed by atoms with van der Waals surface area (Å²) in [6.07, 6.45) is -0.300. The van der Waals surface area contributed by atoms with Gasteiger partial charge in [0.05, 0.1) is 11.9 Å². The number of fused-ring (bicyclic) bond motifs is 2. The molecule has 0 saturated heterocycles. The zero-order valence-electron chi connectivity index (χ0n) is 14.2. The van der Waals surface area contributed by atoms with E-state index < -0.39 is 0 Å². The number of amides is 1. The average molecular weight is 351 g/mol. The van der Waals surface area contributed by atoms with Gasteiger partial charge in [-0.2, -0.15) is 0 Å². The smallest absolute Gasteiger partial charge is 0.289 e. The molecule has 2 heterocycles. The molecule has 4 rings (SSSR count). The van der Waals surface area contributed by atoms with Crippen molar-refractivity contribution in [3.8, 4) is 11.5 Å². The van der Waals surface area contributed by atoms with Crippen molar-refractivity contribution in [3.63, 3.8) is 0 Å². The third-order valence-corrected chi connectivity index (χ3v) is 4.24. The average Bonchev–Trinajstić information content (AvgIpc) is 2.67. The van der Waals surface area contributed by atoms with Crippen LogP contribution in [0.4, 0.5) is 0 Å². The van der Waals surface area contributed by atoms with E-state index in [2.05, 4.69) is 0 Å². The highest BCUT2D eigenvalue weighted by molar-refractivity contribution is 5.93. The van der Waals surface area contributed by atoms with E-state index in [1.165, 1.54) is 11.0 Å². The summed E-state index contributed by atoms with van der Waals surface area (Å²) in [5, 5.41) is 0.451. The lowest BCUT2D eigenvalue weighted by Gasteiger charge is -2.29. The summed E-state index contributed by atoms with van der Waals surface area (Å²) in [6, 6.07) is 15.5. The lowest BCUT2D eigenvalue weighted by Crippen LogP contribution is -2.41. The third kappa shape index (κ3) is 3.01. The molecule has 1 amide bonds. The van der Waals surface area contributed by atoms with Gasteiger partial charge in [-0.3, -0.25) is 9.59 Å². The van der Waals surface area contributed by atoms with Crippen LogP contribution in [-0.2, 0) is 0 Å². The minimum absolute atomic E-state index is 0.00771. The van der Waals surface area contributed by atoms with Crippen molar-refractivity contribution in [1.82, 2.24) is 4.90 Å². The van der Waals surface area contributed by atoms with Crippen molar-refractivity contribution < 1.29 is 18.7 Å². The van der Waals surface area contributed by atoms with E-state index in [4.69, 9.17) is 13.9 Å². The molecule has 26 heavy (non-hydrogen) atoms. The molecule has 0 spiro atoms. The summed E-state index contributed by atoms with van der Waals surface area (Å²) in [5.74, 6) is 0.976. The molecular weight excluding hydrogens is 334 g/mol. The number of likely N-dealkylation sites (N-methyl/N-ethyl adjacent to an activating group) is 1. The number of carbonyl (C=O) groups is 1. The van der Waals surface area contributed by atoms with Crippen LogP contribution in [0, 0.1) is 0 Å². The van der Waals surface area contributed by atoms with Gasteiger partial charge in [-0.15, -0.1) is 0 Å². The zero-order chi connectivity index (χ0) is 18.1. The van der Waals surface area contributed by atoms with Crippen LogP contribution in [0.5, 0.6) is 11.5 Å². The van der Waals surface area contributed by atoms with Crippen molar-refractivity contribution in [2.45, 2.75) is 6.10 Å². The Balaban J connectivity index is 1.51. The molecule has 0 radical (unpaired) electrons. The summed E-state index contributed by atoms with van der Waals surface area (Å²) >= 11 is 0. The Morgan fingerprint density at radius 1 is 1.12 bits per heavy atom. The van der Waals surface area contributed by atoms with Crippen molar-refractivity contribution in [3.05, 3.63) is 70.6 Å². The second-order valence-corrected chi connectivity index (χ2v) is 6.15.